The van der Waals surface area contributed by atoms with E-state index in [2.05, 4.69) is 57.1 Å². The molecule has 0 heterocycles. The van der Waals surface area contributed by atoms with Gasteiger partial charge in [-0.1, -0.05) is 81.7 Å². The summed E-state index contributed by atoms with van der Waals surface area (Å²) in [7, 11) is 3.34. The molecule has 3 N–H and O–H groups in total. The molecule has 0 aliphatic heterocycles. The Morgan fingerprint density at radius 1 is 0.659 bits per heavy atom. The molecule has 10 heteroatoms. The zero-order valence-electron chi connectivity index (χ0n) is 29.8. The molecule has 0 saturated heterocycles. The van der Waals surface area contributed by atoms with Gasteiger partial charge >= 0.3 is 0 Å². The van der Waals surface area contributed by atoms with Crippen molar-refractivity contribution in [3.63, 3.8) is 0 Å². The molecule has 0 saturated carbocycles. The van der Waals surface area contributed by atoms with Crippen molar-refractivity contribution in [1.29, 1.82) is 0 Å². The highest BCUT2D eigenvalue weighted by Crippen LogP contribution is 2.21. The van der Waals surface area contributed by atoms with E-state index in [0.29, 0.717) is 64.7 Å². The van der Waals surface area contributed by atoms with Gasteiger partial charge in [-0.3, -0.25) is 14.4 Å². The lowest BCUT2D eigenvalue weighted by molar-refractivity contribution is -0.129. The molecule has 3 amide bonds. The van der Waals surface area contributed by atoms with Gasteiger partial charge in [0.15, 0.2) is 0 Å². The quantitative estimate of drug-likeness (QED) is 0.0994. The number of nitrogens with one attached hydrogen (secondary N) is 3. The van der Waals surface area contributed by atoms with Crippen LogP contribution in [0, 0.1) is 21.7 Å². The number of ether oxygens (including phenoxy) is 4. The lowest BCUT2D eigenvalue weighted by Crippen LogP contribution is -2.50. The van der Waals surface area contributed by atoms with E-state index in [9.17, 15) is 14.4 Å². The third kappa shape index (κ3) is 20.1. The first-order chi connectivity index (χ1) is 20.3. The molecule has 258 valence electrons. The minimum Gasteiger partial charge on any atom is -0.384 e. The lowest BCUT2D eigenvalue weighted by Gasteiger charge is -2.30. The van der Waals surface area contributed by atoms with Crippen LogP contribution in [0.15, 0.2) is 12.2 Å². The molecule has 0 aliphatic rings. The number of rotatable bonds is 25. The lowest BCUT2D eigenvalue weighted by atomic mass is 9.93. The van der Waals surface area contributed by atoms with Crippen LogP contribution in [0.5, 0.6) is 0 Å². The van der Waals surface area contributed by atoms with Crippen LogP contribution >= 0.6 is 0 Å². The van der Waals surface area contributed by atoms with E-state index in [0.717, 1.165) is 19.3 Å². The average Bonchev–Trinajstić information content (AvgIpc) is 2.89. The molecule has 0 aromatic heterocycles. The predicted molar refractivity (Wildman–Crippen MR) is 176 cm³/mol. The van der Waals surface area contributed by atoms with Crippen molar-refractivity contribution < 1.29 is 33.3 Å². The van der Waals surface area contributed by atoms with Gasteiger partial charge in [0.2, 0.25) is 17.7 Å². The fourth-order valence-electron chi connectivity index (χ4n) is 4.43. The van der Waals surface area contributed by atoms with Crippen molar-refractivity contribution in [2.24, 2.45) is 21.7 Å². The van der Waals surface area contributed by atoms with Crippen molar-refractivity contribution in [3.05, 3.63) is 12.2 Å². The molecule has 0 aromatic rings. The largest absolute Gasteiger partial charge is 0.384 e. The number of carbonyl (C=O) groups is 3. The molecule has 0 fully saturated rings. The normalized spacial score (nSPS) is 13.3. The van der Waals surface area contributed by atoms with Crippen molar-refractivity contribution in [2.75, 3.05) is 67.0 Å². The highest BCUT2D eigenvalue weighted by Gasteiger charge is 2.29. The second-order valence-electron chi connectivity index (χ2n) is 15.3. The van der Waals surface area contributed by atoms with Crippen LogP contribution in [0.25, 0.3) is 0 Å². The van der Waals surface area contributed by atoms with Crippen molar-refractivity contribution >= 4 is 17.7 Å². The van der Waals surface area contributed by atoms with Crippen LogP contribution in [0.4, 0.5) is 0 Å². The van der Waals surface area contributed by atoms with Gasteiger partial charge in [-0.05, 0) is 12.0 Å². The maximum absolute atomic E-state index is 13.4. The van der Waals surface area contributed by atoms with E-state index in [1.807, 2.05) is 27.7 Å². The fraction of sp³-hybridized carbons (Fsp3) is 0.853. The maximum Gasteiger partial charge on any atom is 0.246 e. The van der Waals surface area contributed by atoms with Gasteiger partial charge in [-0.2, -0.15) is 0 Å². The molecule has 10 nitrogen and oxygen atoms in total. The van der Waals surface area contributed by atoms with E-state index in [1.54, 1.807) is 14.2 Å². The van der Waals surface area contributed by atoms with Crippen LogP contribution in [0.1, 0.15) is 94.4 Å². The molecule has 0 aromatic carbocycles. The second kappa shape index (κ2) is 20.2. The topological polar surface area (TPSA) is 124 Å². The van der Waals surface area contributed by atoms with Gasteiger partial charge < -0.3 is 34.9 Å². The van der Waals surface area contributed by atoms with Crippen LogP contribution in [-0.4, -0.2) is 90.7 Å². The fourth-order valence-corrected chi connectivity index (χ4v) is 4.43. The van der Waals surface area contributed by atoms with Crippen LogP contribution in [-0.2, 0) is 33.3 Å². The number of amides is 3. The standard InChI is InChI=1S/C34H65N3O7/c1-13-14-15-16-27(38)37-29(30(40)36-19-32(5,6)23-44-25-34(9,10)21-42-12)26(2)17-28(39)35-18-31(3,4)22-43-24-33(7,8)20-41-11/h29H,2,13-25H2,1,3-12H3,(H,35,39)(H,36,40)(H,37,38)/t29-/m1/s1. The third-order valence-corrected chi connectivity index (χ3v) is 6.92. The van der Waals surface area contributed by atoms with E-state index in [4.69, 9.17) is 18.9 Å². The SMILES string of the molecule is C=C(CC(=O)NCC(C)(C)COCC(C)(C)COC)[C@@H](NC(=O)CCCCC)C(=O)NCC(C)(C)COCC(C)(C)COC. The molecule has 1 atom stereocenters. The van der Waals surface area contributed by atoms with Crippen LogP contribution < -0.4 is 16.0 Å². The third-order valence-electron chi connectivity index (χ3n) is 6.92. The smallest absolute Gasteiger partial charge is 0.246 e. The van der Waals surface area contributed by atoms with Gasteiger partial charge in [0.25, 0.3) is 0 Å². The molecule has 0 aliphatic carbocycles. The van der Waals surface area contributed by atoms with Gasteiger partial charge in [-0.15, -0.1) is 0 Å². The Bertz CT molecular complexity index is 884. The highest BCUT2D eigenvalue weighted by molar-refractivity contribution is 5.92. The predicted octanol–water partition coefficient (Wildman–Crippen LogP) is 4.66. The van der Waals surface area contributed by atoms with Crippen LogP contribution in [0.3, 0.4) is 0 Å². The van der Waals surface area contributed by atoms with Crippen molar-refractivity contribution in [1.82, 2.24) is 16.0 Å². The number of hydrogen-bond acceptors (Lipinski definition) is 7. The van der Waals surface area contributed by atoms with Gasteiger partial charge in [0.1, 0.15) is 6.04 Å². The molecule has 0 rings (SSSR count). The van der Waals surface area contributed by atoms with E-state index >= 15 is 0 Å². The zero-order valence-corrected chi connectivity index (χ0v) is 29.8. The molecule has 44 heavy (non-hydrogen) atoms. The molecule has 0 spiro atoms. The summed E-state index contributed by atoms with van der Waals surface area (Å²) < 4.78 is 22.4. The summed E-state index contributed by atoms with van der Waals surface area (Å²) in [5.74, 6) is -0.905. The summed E-state index contributed by atoms with van der Waals surface area (Å²) in [6.07, 6.45) is 2.85. The zero-order chi connectivity index (χ0) is 34.0. The summed E-state index contributed by atoms with van der Waals surface area (Å²) >= 11 is 0. The van der Waals surface area contributed by atoms with Crippen molar-refractivity contribution in [3.8, 4) is 0 Å². The first-order valence-electron chi connectivity index (χ1n) is 15.9. The summed E-state index contributed by atoms with van der Waals surface area (Å²) in [4.78, 5) is 39.0. The molecular weight excluding hydrogens is 562 g/mol. The highest BCUT2D eigenvalue weighted by atomic mass is 16.5. The van der Waals surface area contributed by atoms with E-state index in [1.165, 1.54) is 0 Å². The first kappa shape index (κ1) is 42.0. The monoisotopic (exact) mass is 627 g/mol. The Hall–Kier alpha value is -2.01. The van der Waals surface area contributed by atoms with Gasteiger partial charge in [-0.25, -0.2) is 0 Å². The minimum atomic E-state index is -1.02. The summed E-state index contributed by atoms with van der Waals surface area (Å²) in [5, 5.41) is 8.70. The summed E-state index contributed by atoms with van der Waals surface area (Å²) in [6.45, 7) is 26.3. The number of unbranched alkanes of at least 4 members (excludes halogenated alkanes) is 2. The van der Waals surface area contributed by atoms with Gasteiger partial charge in [0, 0.05) is 61.8 Å². The Kier molecular flexibility index (Phi) is 19.3. The Morgan fingerprint density at radius 3 is 1.57 bits per heavy atom. The molecular formula is C34H65N3O7. The first-order valence-corrected chi connectivity index (χ1v) is 15.9. The molecule has 0 bridgehead atoms. The number of hydrogen-bond donors (Lipinski definition) is 3. The van der Waals surface area contributed by atoms with Crippen molar-refractivity contribution in [2.45, 2.75) is 100 Å². The number of carbonyl (C=O) groups excluding carboxylic acids is 3. The number of methoxy groups -OCH3 is 2. The maximum atomic E-state index is 13.4. The minimum absolute atomic E-state index is 0.0911. The second-order valence-corrected chi connectivity index (χ2v) is 15.3. The Labute approximate surface area is 268 Å². The Morgan fingerprint density at radius 2 is 1.11 bits per heavy atom. The summed E-state index contributed by atoms with van der Waals surface area (Å²) in [5.41, 5.74) is -0.570. The van der Waals surface area contributed by atoms with Gasteiger partial charge in [0.05, 0.1) is 39.6 Å². The van der Waals surface area contributed by atoms with E-state index < -0.39 is 11.9 Å². The van der Waals surface area contributed by atoms with E-state index in [-0.39, 0.29) is 39.9 Å². The summed E-state index contributed by atoms with van der Waals surface area (Å²) in [6, 6.07) is -1.02. The Balaban J connectivity index is 5.18. The average molecular weight is 628 g/mol. The molecule has 0 unspecified atom stereocenters. The molecule has 0 radical (unpaired) electrons. The van der Waals surface area contributed by atoms with Crippen LogP contribution in [0.2, 0.25) is 0 Å².